The predicted molar refractivity (Wildman–Crippen MR) is 93.5 cm³/mol. The topological polar surface area (TPSA) is 0 Å². The monoisotopic (exact) mass is 296 g/mol. The van der Waals surface area contributed by atoms with Crippen molar-refractivity contribution in [2.75, 3.05) is 0 Å². The summed E-state index contributed by atoms with van der Waals surface area (Å²) in [6.45, 7) is 4.24. The van der Waals surface area contributed by atoms with Gasteiger partial charge in [0.2, 0.25) is 0 Å². The van der Waals surface area contributed by atoms with Gasteiger partial charge < -0.3 is 0 Å². The van der Waals surface area contributed by atoms with Crippen LogP contribution in [0, 0.1) is 13.8 Å². The summed E-state index contributed by atoms with van der Waals surface area (Å²) in [6, 6.07) is 17.4. The van der Waals surface area contributed by atoms with Crippen LogP contribution in [0.1, 0.15) is 22.3 Å². The molecule has 2 aromatic carbocycles. The van der Waals surface area contributed by atoms with E-state index in [0.717, 1.165) is 0 Å². The second-order valence-corrected chi connectivity index (χ2v) is 7.20. The molecular formula is C18H16S2. The zero-order valence-electron chi connectivity index (χ0n) is 11.6. The van der Waals surface area contributed by atoms with E-state index in [9.17, 15) is 0 Å². The van der Waals surface area contributed by atoms with Gasteiger partial charge >= 0.3 is 0 Å². The minimum atomic E-state index is 1.27. The SMILES string of the molecule is Cc1ccc(/C=C2/SC=C(c3ccc(C)cc3)S2)cc1. The van der Waals surface area contributed by atoms with Crippen molar-refractivity contribution >= 4 is 34.5 Å². The van der Waals surface area contributed by atoms with Crippen LogP contribution in [0.2, 0.25) is 0 Å². The maximum Gasteiger partial charge on any atom is 0.0499 e. The summed E-state index contributed by atoms with van der Waals surface area (Å²) in [5.41, 5.74) is 5.18. The molecule has 0 amide bonds. The maximum atomic E-state index is 2.26. The Hall–Kier alpha value is -1.38. The second kappa shape index (κ2) is 5.94. The summed E-state index contributed by atoms with van der Waals surface area (Å²) < 4.78 is 1.34. The molecule has 1 aliphatic rings. The Morgan fingerprint density at radius 3 is 2.05 bits per heavy atom. The number of rotatable bonds is 2. The fourth-order valence-corrected chi connectivity index (χ4v) is 4.15. The van der Waals surface area contributed by atoms with E-state index in [4.69, 9.17) is 0 Å². The molecule has 1 heterocycles. The molecule has 2 heteroatoms. The van der Waals surface area contributed by atoms with Gasteiger partial charge in [0.05, 0.1) is 0 Å². The molecule has 0 bridgehead atoms. The molecule has 0 unspecified atom stereocenters. The summed E-state index contributed by atoms with van der Waals surface area (Å²) in [5, 5.41) is 2.25. The van der Waals surface area contributed by atoms with Crippen molar-refractivity contribution in [1.82, 2.24) is 0 Å². The predicted octanol–water partition coefficient (Wildman–Crippen LogP) is 6.08. The summed E-state index contributed by atoms with van der Waals surface area (Å²) in [6.07, 6.45) is 2.26. The quantitative estimate of drug-likeness (QED) is 0.658. The lowest BCUT2D eigenvalue weighted by atomic mass is 10.1. The first-order valence-electron chi connectivity index (χ1n) is 6.61. The van der Waals surface area contributed by atoms with Gasteiger partial charge in [-0.3, -0.25) is 0 Å². The molecule has 1 aliphatic heterocycles. The summed E-state index contributed by atoms with van der Waals surface area (Å²) in [5.74, 6) is 0. The lowest BCUT2D eigenvalue weighted by Gasteiger charge is -2.02. The fraction of sp³-hybridized carbons (Fsp3) is 0.111. The van der Waals surface area contributed by atoms with Crippen molar-refractivity contribution in [2.45, 2.75) is 13.8 Å². The van der Waals surface area contributed by atoms with Crippen LogP contribution in [0.5, 0.6) is 0 Å². The highest BCUT2D eigenvalue weighted by molar-refractivity contribution is 8.31. The smallest absolute Gasteiger partial charge is 0.0499 e. The average molecular weight is 296 g/mol. The van der Waals surface area contributed by atoms with Gasteiger partial charge in [-0.1, -0.05) is 83.2 Å². The van der Waals surface area contributed by atoms with E-state index in [1.807, 2.05) is 23.5 Å². The third kappa shape index (κ3) is 3.20. The molecule has 0 saturated heterocycles. The Morgan fingerprint density at radius 1 is 0.800 bits per heavy atom. The van der Waals surface area contributed by atoms with E-state index in [1.165, 1.54) is 31.4 Å². The van der Waals surface area contributed by atoms with Crippen molar-refractivity contribution < 1.29 is 0 Å². The van der Waals surface area contributed by atoms with Gasteiger partial charge in [0, 0.05) is 9.14 Å². The summed E-state index contributed by atoms with van der Waals surface area (Å²) in [7, 11) is 0. The van der Waals surface area contributed by atoms with Crippen LogP contribution in [0.15, 0.2) is 58.2 Å². The first-order chi connectivity index (χ1) is 9.70. The molecule has 0 atom stereocenters. The molecule has 100 valence electrons. The lowest BCUT2D eigenvalue weighted by molar-refractivity contribution is 1.46. The molecule has 3 rings (SSSR count). The molecular weight excluding hydrogens is 280 g/mol. The normalized spacial score (nSPS) is 16.5. The van der Waals surface area contributed by atoms with Crippen LogP contribution in [-0.4, -0.2) is 0 Å². The molecule has 0 aromatic heterocycles. The highest BCUT2D eigenvalue weighted by Gasteiger charge is 2.13. The van der Waals surface area contributed by atoms with Gasteiger partial charge in [0.25, 0.3) is 0 Å². The summed E-state index contributed by atoms with van der Waals surface area (Å²) >= 11 is 3.66. The highest BCUT2D eigenvalue weighted by atomic mass is 32.2. The van der Waals surface area contributed by atoms with Crippen molar-refractivity contribution in [3.05, 3.63) is 80.4 Å². The van der Waals surface area contributed by atoms with E-state index in [1.54, 1.807) is 0 Å². The Bertz CT molecular complexity index is 662. The standard InChI is InChI=1S/C18H16S2/c1-13-3-7-15(8-4-13)11-18-19-12-17(20-18)16-9-5-14(2)6-10-16/h3-12H,1-2H3/b18-11-. The summed E-state index contributed by atoms with van der Waals surface area (Å²) in [4.78, 5) is 1.34. The number of hydrogen-bond acceptors (Lipinski definition) is 2. The van der Waals surface area contributed by atoms with E-state index < -0.39 is 0 Å². The third-order valence-corrected chi connectivity index (χ3v) is 5.47. The number of thioether (sulfide) groups is 2. The van der Waals surface area contributed by atoms with Crippen LogP contribution < -0.4 is 0 Å². The van der Waals surface area contributed by atoms with Crippen molar-refractivity contribution in [2.24, 2.45) is 0 Å². The Morgan fingerprint density at radius 2 is 1.40 bits per heavy atom. The molecule has 0 nitrogen and oxygen atoms in total. The zero-order valence-corrected chi connectivity index (χ0v) is 13.2. The minimum Gasteiger partial charge on any atom is -0.0895 e. The average Bonchev–Trinajstić information content (AvgIpc) is 2.91. The van der Waals surface area contributed by atoms with Gasteiger partial charge in [0.15, 0.2) is 0 Å². The van der Waals surface area contributed by atoms with Gasteiger partial charge in [-0.25, -0.2) is 0 Å². The molecule has 0 N–H and O–H groups in total. The van der Waals surface area contributed by atoms with Crippen LogP contribution in [-0.2, 0) is 0 Å². The molecule has 2 aromatic rings. The molecule has 0 aliphatic carbocycles. The highest BCUT2D eigenvalue weighted by Crippen LogP contribution is 2.49. The van der Waals surface area contributed by atoms with Crippen molar-refractivity contribution in [3.8, 4) is 0 Å². The molecule has 0 saturated carbocycles. The number of hydrogen-bond donors (Lipinski definition) is 0. The van der Waals surface area contributed by atoms with E-state index in [2.05, 4.69) is 73.9 Å². The first kappa shape index (κ1) is 13.6. The first-order valence-corrected chi connectivity index (χ1v) is 8.30. The van der Waals surface area contributed by atoms with E-state index in [-0.39, 0.29) is 0 Å². The van der Waals surface area contributed by atoms with Gasteiger partial charge in [-0.15, -0.1) is 0 Å². The van der Waals surface area contributed by atoms with Crippen molar-refractivity contribution in [1.29, 1.82) is 0 Å². The van der Waals surface area contributed by atoms with Gasteiger partial charge in [0.1, 0.15) is 0 Å². The molecule has 0 fully saturated rings. The zero-order chi connectivity index (χ0) is 13.9. The number of benzene rings is 2. The maximum absolute atomic E-state index is 2.26. The second-order valence-electron chi connectivity index (χ2n) is 4.94. The Balaban J connectivity index is 1.75. The Labute approximate surface area is 129 Å². The third-order valence-electron chi connectivity index (χ3n) is 3.19. The minimum absolute atomic E-state index is 1.27. The van der Waals surface area contributed by atoms with Gasteiger partial charge in [-0.05, 0) is 36.5 Å². The van der Waals surface area contributed by atoms with Crippen LogP contribution in [0.4, 0.5) is 0 Å². The van der Waals surface area contributed by atoms with E-state index in [0.29, 0.717) is 0 Å². The Kier molecular flexibility index (Phi) is 4.04. The molecule has 20 heavy (non-hydrogen) atoms. The molecule has 0 radical (unpaired) electrons. The van der Waals surface area contributed by atoms with Crippen molar-refractivity contribution in [3.63, 3.8) is 0 Å². The van der Waals surface area contributed by atoms with Crippen LogP contribution in [0.3, 0.4) is 0 Å². The fourth-order valence-electron chi connectivity index (χ4n) is 1.98. The van der Waals surface area contributed by atoms with Crippen LogP contribution >= 0.6 is 23.5 Å². The number of aryl methyl sites for hydroxylation is 2. The van der Waals surface area contributed by atoms with E-state index >= 15 is 0 Å². The van der Waals surface area contributed by atoms with Crippen LogP contribution in [0.25, 0.3) is 11.0 Å². The molecule has 0 spiro atoms. The lowest BCUT2D eigenvalue weighted by Crippen LogP contribution is -1.78. The van der Waals surface area contributed by atoms with Gasteiger partial charge in [-0.2, -0.15) is 0 Å². The largest absolute Gasteiger partial charge is 0.0895 e.